The fourth-order valence-corrected chi connectivity index (χ4v) is 10.8. The van der Waals surface area contributed by atoms with E-state index in [2.05, 4.69) is 270 Å². The SMILES string of the molecule is CC(C)(C)c1ccc(N(c2ccccc2)c2cc3c(c4ccccc24)c2c4ccccc4c(N(c4ccccc4)c4ccc(C(C)(C)C)cc4)cc2n3-c2ccc([Si](C)(C)C)cc2)cc1. The molecule has 9 aromatic carbocycles. The molecule has 0 aliphatic heterocycles. The molecule has 0 amide bonds. The van der Waals surface area contributed by atoms with Crippen LogP contribution in [-0.2, 0) is 10.8 Å². The molecule has 0 spiro atoms. The Balaban J connectivity index is 1.34. The molecule has 10 aromatic rings. The second-order valence-corrected chi connectivity index (χ2v) is 25.8. The number of hydrogen-bond acceptors (Lipinski definition) is 2. The summed E-state index contributed by atoms with van der Waals surface area (Å²) in [6.45, 7) is 21.0. The Morgan fingerprint density at radius 3 is 1.06 bits per heavy atom. The fraction of sp³-hybridized carbons (Fsp3) is 0.180. The second kappa shape index (κ2) is 16.0. The van der Waals surface area contributed by atoms with E-state index in [0.717, 1.165) is 39.8 Å². The lowest BCUT2D eigenvalue weighted by Gasteiger charge is -2.28. The molecule has 0 bridgehead atoms. The first-order valence-electron chi connectivity index (χ1n) is 23.1. The number of fused-ring (bicyclic) bond motifs is 7. The maximum absolute atomic E-state index is 2.54. The van der Waals surface area contributed by atoms with E-state index >= 15 is 0 Å². The van der Waals surface area contributed by atoms with Gasteiger partial charge in [0.05, 0.1) is 30.5 Å². The predicted octanol–water partition coefficient (Wildman–Crippen LogP) is 17.2. The molecule has 0 atom stereocenters. The minimum absolute atomic E-state index is 0.0429. The second-order valence-electron chi connectivity index (χ2n) is 20.7. The highest BCUT2D eigenvalue weighted by Crippen LogP contribution is 2.50. The van der Waals surface area contributed by atoms with Gasteiger partial charge in [-0.15, -0.1) is 0 Å². The van der Waals surface area contributed by atoms with E-state index in [1.807, 2.05) is 0 Å². The van der Waals surface area contributed by atoms with Crippen molar-refractivity contribution in [2.24, 2.45) is 0 Å². The molecule has 0 aliphatic carbocycles. The van der Waals surface area contributed by atoms with Crippen LogP contribution in [0.3, 0.4) is 0 Å². The van der Waals surface area contributed by atoms with Gasteiger partial charge in [0.1, 0.15) is 0 Å². The van der Waals surface area contributed by atoms with Crippen molar-refractivity contribution >= 4 is 90.7 Å². The first kappa shape index (κ1) is 42.1. The Hall–Kier alpha value is -6.88. The van der Waals surface area contributed by atoms with Gasteiger partial charge in [0.15, 0.2) is 0 Å². The van der Waals surface area contributed by atoms with Crippen LogP contribution in [0.25, 0.3) is 49.0 Å². The van der Waals surface area contributed by atoms with Crippen molar-refractivity contribution in [2.75, 3.05) is 9.80 Å². The fourth-order valence-electron chi connectivity index (χ4n) is 9.68. The van der Waals surface area contributed by atoms with Gasteiger partial charge < -0.3 is 14.4 Å². The zero-order valence-electron chi connectivity index (χ0n) is 39.3. The third-order valence-electron chi connectivity index (χ3n) is 13.2. The molecule has 65 heavy (non-hydrogen) atoms. The van der Waals surface area contributed by atoms with Crippen molar-refractivity contribution in [3.63, 3.8) is 0 Å². The van der Waals surface area contributed by atoms with Gasteiger partial charge in [-0.3, -0.25) is 0 Å². The zero-order chi connectivity index (χ0) is 45.3. The number of nitrogens with zero attached hydrogens (tertiary/aromatic N) is 3. The standard InChI is InChI=1S/C61H59N3Si/c1-60(2,3)42-28-32-46(33-29-42)62(44-20-12-10-13-21-44)54-40-56-58(52-26-18-16-24-50(52)54)59-53-27-19-17-25-51(53)55(41-57(59)64(56)48-36-38-49(39-37-48)65(7,8)9)63(45-22-14-11-15-23-45)47-34-30-43(31-35-47)61(4,5)6/h10-41H,1-9H3. The molecule has 0 radical (unpaired) electrons. The van der Waals surface area contributed by atoms with E-state index in [1.165, 1.54) is 59.7 Å². The van der Waals surface area contributed by atoms with E-state index in [4.69, 9.17) is 0 Å². The van der Waals surface area contributed by atoms with Crippen LogP contribution in [0.4, 0.5) is 34.1 Å². The molecule has 322 valence electrons. The summed E-state index contributed by atoms with van der Waals surface area (Å²) >= 11 is 0. The Kier molecular flexibility index (Phi) is 10.3. The maximum atomic E-state index is 2.54. The van der Waals surface area contributed by atoms with Crippen molar-refractivity contribution in [1.82, 2.24) is 4.57 Å². The van der Waals surface area contributed by atoms with Crippen LogP contribution in [0.1, 0.15) is 52.7 Å². The van der Waals surface area contributed by atoms with Gasteiger partial charge in [-0.1, -0.05) is 188 Å². The summed E-state index contributed by atoms with van der Waals surface area (Å²) in [5.74, 6) is 0. The smallest absolute Gasteiger partial charge is 0.0775 e. The third kappa shape index (κ3) is 7.60. The molecule has 1 heterocycles. The summed E-state index contributed by atoms with van der Waals surface area (Å²) in [6, 6.07) is 72.6. The third-order valence-corrected chi connectivity index (χ3v) is 15.3. The molecule has 0 fully saturated rings. The number of rotatable bonds is 8. The molecular formula is C61H59N3Si. The summed E-state index contributed by atoms with van der Waals surface area (Å²) in [5, 5.41) is 8.82. The number of benzene rings is 9. The number of aromatic nitrogens is 1. The molecule has 10 rings (SSSR count). The van der Waals surface area contributed by atoms with Crippen LogP contribution in [0.2, 0.25) is 19.6 Å². The van der Waals surface area contributed by atoms with Crippen LogP contribution in [0.15, 0.2) is 194 Å². The van der Waals surface area contributed by atoms with E-state index in [1.54, 1.807) is 0 Å². The summed E-state index contributed by atoms with van der Waals surface area (Å²) in [5.41, 5.74) is 13.0. The van der Waals surface area contributed by atoms with E-state index in [-0.39, 0.29) is 10.8 Å². The van der Waals surface area contributed by atoms with Crippen molar-refractivity contribution in [3.05, 3.63) is 205 Å². The van der Waals surface area contributed by atoms with Crippen LogP contribution < -0.4 is 15.0 Å². The van der Waals surface area contributed by atoms with Crippen LogP contribution in [-0.4, -0.2) is 12.6 Å². The molecule has 4 heteroatoms. The summed E-state index contributed by atoms with van der Waals surface area (Å²) in [7, 11) is -1.57. The van der Waals surface area contributed by atoms with Crippen molar-refractivity contribution in [3.8, 4) is 5.69 Å². The number of hydrogen-bond donors (Lipinski definition) is 0. The van der Waals surface area contributed by atoms with E-state index < -0.39 is 8.07 Å². The normalized spacial score (nSPS) is 12.4. The number of para-hydroxylation sites is 2. The van der Waals surface area contributed by atoms with Gasteiger partial charge >= 0.3 is 0 Å². The van der Waals surface area contributed by atoms with Crippen LogP contribution in [0, 0.1) is 0 Å². The lowest BCUT2D eigenvalue weighted by molar-refractivity contribution is 0.590. The molecule has 0 unspecified atom stereocenters. The van der Waals surface area contributed by atoms with Gasteiger partial charge in [-0.05, 0) is 106 Å². The summed E-state index contributed by atoms with van der Waals surface area (Å²) < 4.78 is 2.54. The Morgan fingerprint density at radius 1 is 0.369 bits per heavy atom. The Morgan fingerprint density at radius 2 is 0.708 bits per heavy atom. The zero-order valence-corrected chi connectivity index (χ0v) is 40.3. The Labute approximate surface area is 386 Å². The monoisotopic (exact) mass is 861 g/mol. The van der Waals surface area contributed by atoms with Crippen LogP contribution >= 0.6 is 0 Å². The highest BCUT2D eigenvalue weighted by Gasteiger charge is 2.27. The molecule has 3 nitrogen and oxygen atoms in total. The summed E-state index contributed by atoms with van der Waals surface area (Å²) in [6.07, 6.45) is 0. The first-order chi connectivity index (χ1) is 31.2. The van der Waals surface area contributed by atoms with Gasteiger partial charge in [-0.2, -0.15) is 0 Å². The average molecular weight is 862 g/mol. The highest BCUT2D eigenvalue weighted by molar-refractivity contribution is 6.88. The minimum Gasteiger partial charge on any atom is -0.310 e. The number of anilines is 6. The topological polar surface area (TPSA) is 11.4 Å². The molecule has 0 saturated carbocycles. The molecule has 0 saturated heterocycles. The lowest BCUT2D eigenvalue weighted by Crippen LogP contribution is -2.37. The van der Waals surface area contributed by atoms with Gasteiger partial charge in [0.2, 0.25) is 0 Å². The van der Waals surface area contributed by atoms with Gasteiger partial charge in [0.25, 0.3) is 0 Å². The average Bonchev–Trinajstić information content (AvgIpc) is 3.64. The molecular weight excluding hydrogens is 803 g/mol. The van der Waals surface area contributed by atoms with Gasteiger partial charge in [0, 0.05) is 50.0 Å². The molecule has 0 N–H and O–H groups in total. The van der Waals surface area contributed by atoms with E-state index in [0.29, 0.717) is 0 Å². The predicted molar refractivity (Wildman–Crippen MR) is 286 cm³/mol. The highest BCUT2D eigenvalue weighted by atomic mass is 28.3. The van der Waals surface area contributed by atoms with E-state index in [9.17, 15) is 0 Å². The minimum atomic E-state index is -1.57. The quantitative estimate of drug-likeness (QED) is 0.141. The molecule has 0 aliphatic rings. The Bertz CT molecular complexity index is 3130. The first-order valence-corrected chi connectivity index (χ1v) is 26.6. The van der Waals surface area contributed by atoms with Crippen LogP contribution in [0.5, 0.6) is 0 Å². The van der Waals surface area contributed by atoms with Crippen molar-refractivity contribution in [1.29, 1.82) is 0 Å². The van der Waals surface area contributed by atoms with Gasteiger partial charge in [-0.25, -0.2) is 0 Å². The maximum Gasteiger partial charge on any atom is 0.0775 e. The lowest BCUT2D eigenvalue weighted by atomic mass is 9.87. The summed E-state index contributed by atoms with van der Waals surface area (Å²) in [4.78, 5) is 4.90. The molecule has 1 aromatic heterocycles. The van der Waals surface area contributed by atoms with Crippen molar-refractivity contribution < 1.29 is 0 Å². The van der Waals surface area contributed by atoms with Crippen molar-refractivity contribution in [2.45, 2.75) is 72.0 Å². The largest absolute Gasteiger partial charge is 0.310 e.